The van der Waals surface area contributed by atoms with Gasteiger partial charge in [0.15, 0.2) is 11.6 Å². The monoisotopic (exact) mass is 284 g/mol. The van der Waals surface area contributed by atoms with Crippen LogP contribution >= 0.6 is 11.6 Å². The minimum Gasteiger partial charge on any atom is -0.380 e. The van der Waals surface area contributed by atoms with Crippen LogP contribution in [-0.4, -0.2) is 5.16 Å². The van der Waals surface area contributed by atoms with Gasteiger partial charge in [-0.1, -0.05) is 41.0 Å². The summed E-state index contributed by atoms with van der Waals surface area (Å²) in [7, 11) is 0. The van der Waals surface area contributed by atoms with E-state index in [9.17, 15) is 0 Å². The number of rotatable bonds is 2. The van der Waals surface area contributed by atoms with E-state index in [1.807, 2.05) is 55.5 Å². The first-order chi connectivity index (χ1) is 9.66. The number of aryl methyl sites for hydroxylation is 1. The predicted molar refractivity (Wildman–Crippen MR) is 81.5 cm³/mol. The Morgan fingerprint density at radius 3 is 2.45 bits per heavy atom. The second-order valence-corrected chi connectivity index (χ2v) is 5.03. The fraction of sp³-hybridized carbons (Fsp3) is 0.0625. The van der Waals surface area contributed by atoms with E-state index in [0.29, 0.717) is 16.6 Å². The maximum Gasteiger partial charge on any atom is 0.176 e. The molecule has 0 unspecified atom stereocenters. The molecule has 1 aromatic heterocycles. The zero-order valence-corrected chi connectivity index (χ0v) is 11.7. The molecule has 20 heavy (non-hydrogen) atoms. The maximum absolute atomic E-state index is 5.98. The van der Waals surface area contributed by atoms with Crippen molar-refractivity contribution < 1.29 is 4.52 Å². The Labute approximate surface area is 122 Å². The molecule has 0 aliphatic carbocycles. The van der Waals surface area contributed by atoms with Gasteiger partial charge in [0, 0.05) is 10.6 Å². The van der Waals surface area contributed by atoms with Gasteiger partial charge in [0.1, 0.15) is 0 Å². The van der Waals surface area contributed by atoms with Crippen molar-refractivity contribution in [1.82, 2.24) is 5.16 Å². The van der Waals surface area contributed by atoms with Crippen LogP contribution in [0, 0.1) is 6.92 Å². The lowest BCUT2D eigenvalue weighted by Crippen LogP contribution is -1.90. The average Bonchev–Trinajstić information content (AvgIpc) is 2.82. The summed E-state index contributed by atoms with van der Waals surface area (Å²) in [4.78, 5) is 0. The summed E-state index contributed by atoms with van der Waals surface area (Å²) in [5.74, 6) is 1.05. The van der Waals surface area contributed by atoms with E-state index in [0.717, 1.165) is 22.3 Å². The average molecular weight is 285 g/mol. The summed E-state index contributed by atoms with van der Waals surface area (Å²) in [5.41, 5.74) is 9.85. The molecule has 0 amide bonds. The third-order valence-electron chi connectivity index (χ3n) is 3.24. The first-order valence-electron chi connectivity index (χ1n) is 6.24. The molecule has 1 heterocycles. The summed E-state index contributed by atoms with van der Waals surface area (Å²) < 4.78 is 5.41. The van der Waals surface area contributed by atoms with Crippen molar-refractivity contribution in [1.29, 1.82) is 0 Å². The summed E-state index contributed by atoms with van der Waals surface area (Å²) in [5, 5.41) is 4.58. The number of benzene rings is 2. The lowest BCUT2D eigenvalue weighted by molar-refractivity contribution is 0.436. The molecule has 0 bridgehead atoms. The van der Waals surface area contributed by atoms with Gasteiger partial charge >= 0.3 is 0 Å². The zero-order chi connectivity index (χ0) is 14.1. The molecule has 3 nitrogen and oxygen atoms in total. The van der Waals surface area contributed by atoms with Gasteiger partial charge < -0.3 is 10.3 Å². The Hall–Kier alpha value is -2.26. The Kier molecular flexibility index (Phi) is 3.20. The predicted octanol–water partition coefficient (Wildman–Crippen LogP) is 4.55. The van der Waals surface area contributed by atoms with Gasteiger partial charge in [0.05, 0.1) is 5.56 Å². The standard InChI is InChI=1S/C16H13ClN2O/c1-10-4-2-3-5-13(10)14-15(20-19-16(14)18)11-6-8-12(17)9-7-11/h2-9H,1H3,(H2,18,19). The first-order valence-corrected chi connectivity index (χ1v) is 6.61. The molecule has 0 fully saturated rings. The zero-order valence-electron chi connectivity index (χ0n) is 10.9. The van der Waals surface area contributed by atoms with Crippen LogP contribution in [0.2, 0.25) is 5.02 Å². The minimum absolute atomic E-state index is 0.393. The molecule has 0 aliphatic heterocycles. The summed E-state index contributed by atoms with van der Waals surface area (Å²) in [6, 6.07) is 15.4. The van der Waals surface area contributed by atoms with E-state index in [2.05, 4.69) is 5.16 Å². The number of anilines is 1. The van der Waals surface area contributed by atoms with Gasteiger partial charge in [-0.25, -0.2) is 0 Å². The van der Waals surface area contributed by atoms with Gasteiger partial charge in [-0.15, -0.1) is 0 Å². The molecule has 4 heteroatoms. The molecule has 0 radical (unpaired) electrons. The van der Waals surface area contributed by atoms with E-state index in [1.165, 1.54) is 0 Å². The van der Waals surface area contributed by atoms with Crippen molar-refractivity contribution in [2.75, 3.05) is 5.73 Å². The third-order valence-corrected chi connectivity index (χ3v) is 3.49. The van der Waals surface area contributed by atoms with Crippen LogP contribution in [0.4, 0.5) is 5.82 Å². The van der Waals surface area contributed by atoms with E-state index in [4.69, 9.17) is 21.9 Å². The molecular weight excluding hydrogens is 272 g/mol. The molecule has 2 N–H and O–H groups in total. The van der Waals surface area contributed by atoms with E-state index < -0.39 is 0 Å². The van der Waals surface area contributed by atoms with E-state index in [-0.39, 0.29) is 0 Å². The fourth-order valence-corrected chi connectivity index (χ4v) is 2.34. The Balaban J connectivity index is 2.20. The molecule has 0 spiro atoms. The second-order valence-electron chi connectivity index (χ2n) is 4.59. The maximum atomic E-state index is 5.98. The van der Waals surface area contributed by atoms with Crippen molar-refractivity contribution in [3.8, 4) is 22.5 Å². The van der Waals surface area contributed by atoms with Gasteiger partial charge in [0.25, 0.3) is 0 Å². The van der Waals surface area contributed by atoms with Crippen LogP contribution in [0.3, 0.4) is 0 Å². The second kappa shape index (κ2) is 5.02. The Morgan fingerprint density at radius 2 is 1.75 bits per heavy atom. The summed E-state index contributed by atoms with van der Waals surface area (Å²) in [6.45, 7) is 2.04. The third kappa shape index (κ3) is 2.17. The van der Waals surface area contributed by atoms with Crippen molar-refractivity contribution >= 4 is 17.4 Å². The minimum atomic E-state index is 0.393. The molecule has 0 atom stereocenters. The lowest BCUT2D eigenvalue weighted by atomic mass is 9.98. The van der Waals surface area contributed by atoms with Crippen LogP contribution in [0.5, 0.6) is 0 Å². The van der Waals surface area contributed by atoms with Gasteiger partial charge in [-0.3, -0.25) is 0 Å². The number of aromatic nitrogens is 1. The number of nitrogens with zero attached hydrogens (tertiary/aromatic N) is 1. The largest absolute Gasteiger partial charge is 0.380 e. The molecule has 3 aromatic rings. The van der Waals surface area contributed by atoms with Gasteiger partial charge in [0.2, 0.25) is 0 Å². The quantitative estimate of drug-likeness (QED) is 0.751. The number of hydrogen-bond acceptors (Lipinski definition) is 3. The highest BCUT2D eigenvalue weighted by Crippen LogP contribution is 2.38. The topological polar surface area (TPSA) is 52.0 Å². The number of nitrogen functional groups attached to an aromatic ring is 1. The molecular formula is C16H13ClN2O. The Morgan fingerprint density at radius 1 is 1.05 bits per heavy atom. The van der Waals surface area contributed by atoms with Crippen molar-refractivity contribution in [2.24, 2.45) is 0 Å². The molecule has 3 rings (SSSR count). The Bertz CT molecular complexity index is 747. The first kappa shape index (κ1) is 12.8. The van der Waals surface area contributed by atoms with Crippen molar-refractivity contribution in [3.63, 3.8) is 0 Å². The van der Waals surface area contributed by atoms with Crippen LogP contribution < -0.4 is 5.73 Å². The number of halogens is 1. The highest BCUT2D eigenvalue weighted by Gasteiger charge is 2.18. The summed E-state index contributed by atoms with van der Waals surface area (Å²) >= 11 is 5.92. The van der Waals surface area contributed by atoms with E-state index >= 15 is 0 Å². The normalized spacial score (nSPS) is 10.7. The number of hydrogen-bond donors (Lipinski definition) is 1. The molecule has 0 saturated heterocycles. The molecule has 2 aromatic carbocycles. The fourth-order valence-electron chi connectivity index (χ4n) is 2.21. The highest BCUT2D eigenvalue weighted by molar-refractivity contribution is 6.30. The van der Waals surface area contributed by atoms with Crippen LogP contribution in [0.15, 0.2) is 53.1 Å². The molecule has 0 aliphatic rings. The van der Waals surface area contributed by atoms with Crippen molar-refractivity contribution in [2.45, 2.75) is 6.92 Å². The SMILES string of the molecule is Cc1ccccc1-c1c(N)noc1-c1ccc(Cl)cc1. The molecule has 0 saturated carbocycles. The number of nitrogens with two attached hydrogens (primary N) is 1. The van der Waals surface area contributed by atoms with E-state index in [1.54, 1.807) is 0 Å². The smallest absolute Gasteiger partial charge is 0.176 e. The van der Waals surface area contributed by atoms with Crippen LogP contribution in [0.25, 0.3) is 22.5 Å². The van der Waals surface area contributed by atoms with Crippen molar-refractivity contribution in [3.05, 3.63) is 59.1 Å². The highest BCUT2D eigenvalue weighted by atomic mass is 35.5. The molecule has 100 valence electrons. The van der Waals surface area contributed by atoms with Gasteiger partial charge in [-0.05, 0) is 42.3 Å². The van der Waals surface area contributed by atoms with Crippen LogP contribution in [-0.2, 0) is 0 Å². The summed E-state index contributed by atoms with van der Waals surface area (Å²) in [6.07, 6.45) is 0. The van der Waals surface area contributed by atoms with Crippen LogP contribution in [0.1, 0.15) is 5.56 Å². The lowest BCUT2D eigenvalue weighted by Gasteiger charge is -2.06. The van der Waals surface area contributed by atoms with Gasteiger partial charge in [-0.2, -0.15) is 0 Å².